The Bertz CT molecular complexity index is 747. The number of thiocarbonyl (C=S) groups is 1. The predicted molar refractivity (Wildman–Crippen MR) is 96.1 cm³/mol. The highest BCUT2D eigenvalue weighted by Crippen LogP contribution is 2.21. The van der Waals surface area contributed by atoms with E-state index in [1.165, 1.54) is 6.07 Å². The van der Waals surface area contributed by atoms with Crippen LogP contribution in [0.1, 0.15) is 21.5 Å². The van der Waals surface area contributed by atoms with E-state index in [-0.39, 0.29) is 16.0 Å². The summed E-state index contributed by atoms with van der Waals surface area (Å²) in [5.74, 6) is -0.385. The second-order valence-electron chi connectivity index (χ2n) is 4.85. The molecule has 114 valence electrons. The zero-order valence-corrected chi connectivity index (χ0v) is 14.4. The highest BCUT2D eigenvalue weighted by molar-refractivity contribution is 7.80. The monoisotopic (exact) mass is 352 g/mol. The van der Waals surface area contributed by atoms with Gasteiger partial charge in [0.15, 0.2) is 5.11 Å². The summed E-state index contributed by atoms with van der Waals surface area (Å²) in [6.07, 6.45) is 0. The van der Waals surface area contributed by atoms with E-state index in [0.717, 1.165) is 16.8 Å². The van der Waals surface area contributed by atoms with Gasteiger partial charge in [0.1, 0.15) is 0 Å². The molecule has 0 aromatic heterocycles. The molecular formula is C16H14Cl2N2OS. The van der Waals surface area contributed by atoms with Gasteiger partial charge in [-0.3, -0.25) is 10.1 Å². The maximum atomic E-state index is 12.2. The Hall–Kier alpha value is -1.62. The average molecular weight is 353 g/mol. The van der Waals surface area contributed by atoms with Crippen molar-refractivity contribution in [3.05, 3.63) is 63.1 Å². The van der Waals surface area contributed by atoms with Crippen LogP contribution in [0.3, 0.4) is 0 Å². The number of amides is 1. The van der Waals surface area contributed by atoms with Gasteiger partial charge in [-0.2, -0.15) is 0 Å². The summed E-state index contributed by atoms with van der Waals surface area (Å²) in [7, 11) is 0. The molecule has 0 spiro atoms. The smallest absolute Gasteiger partial charge is 0.258 e. The molecule has 0 atom stereocenters. The van der Waals surface area contributed by atoms with Crippen LogP contribution in [0, 0.1) is 13.8 Å². The molecule has 0 aliphatic heterocycles. The second-order valence-corrected chi connectivity index (χ2v) is 6.10. The fourth-order valence-electron chi connectivity index (χ4n) is 1.87. The molecule has 3 nitrogen and oxygen atoms in total. The molecule has 1 amide bonds. The Kier molecular flexibility index (Phi) is 5.40. The maximum absolute atomic E-state index is 12.2. The van der Waals surface area contributed by atoms with Crippen LogP contribution >= 0.6 is 35.4 Å². The van der Waals surface area contributed by atoms with Crippen LogP contribution in [-0.2, 0) is 0 Å². The molecule has 0 saturated carbocycles. The van der Waals surface area contributed by atoms with E-state index in [1.807, 2.05) is 32.0 Å². The van der Waals surface area contributed by atoms with Crippen LogP contribution in [-0.4, -0.2) is 11.0 Å². The number of aryl methyl sites for hydroxylation is 2. The van der Waals surface area contributed by atoms with Crippen molar-refractivity contribution in [1.29, 1.82) is 0 Å². The minimum absolute atomic E-state index is 0.213. The zero-order valence-electron chi connectivity index (χ0n) is 12.0. The molecule has 0 radical (unpaired) electrons. The van der Waals surface area contributed by atoms with Crippen molar-refractivity contribution in [2.24, 2.45) is 0 Å². The van der Waals surface area contributed by atoms with Crippen molar-refractivity contribution < 1.29 is 4.79 Å². The Labute approximate surface area is 144 Å². The average Bonchev–Trinajstić information content (AvgIpc) is 2.42. The van der Waals surface area contributed by atoms with Crippen LogP contribution in [0.5, 0.6) is 0 Å². The summed E-state index contributed by atoms with van der Waals surface area (Å²) in [6, 6.07) is 10.6. The summed E-state index contributed by atoms with van der Waals surface area (Å²) >= 11 is 17.0. The van der Waals surface area contributed by atoms with E-state index in [9.17, 15) is 4.79 Å². The van der Waals surface area contributed by atoms with E-state index in [1.54, 1.807) is 12.1 Å². The first-order valence-electron chi connectivity index (χ1n) is 6.51. The minimum Gasteiger partial charge on any atom is -0.332 e. The topological polar surface area (TPSA) is 41.1 Å². The number of benzene rings is 2. The van der Waals surface area contributed by atoms with Gasteiger partial charge in [0.25, 0.3) is 5.91 Å². The minimum atomic E-state index is -0.385. The zero-order chi connectivity index (χ0) is 16.3. The van der Waals surface area contributed by atoms with Gasteiger partial charge in [-0.05, 0) is 61.5 Å². The maximum Gasteiger partial charge on any atom is 0.258 e. The molecule has 6 heteroatoms. The number of halogens is 2. The SMILES string of the molecule is Cc1ccc(C)c(NC(=S)NC(=O)c2ccc(Cl)cc2Cl)c1. The molecular weight excluding hydrogens is 339 g/mol. The third-order valence-electron chi connectivity index (χ3n) is 3.04. The standard InChI is InChI=1S/C16H14Cl2N2OS/c1-9-3-4-10(2)14(7-9)19-16(22)20-15(21)12-6-5-11(17)8-13(12)18/h3-8H,1-2H3,(H2,19,20,21,22). The van der Waals surface area contributed by atoms with Crippen molar-refractivity contribution in [3.8, 4) is 0 Å². The van der Waals surface area contributed by atoms with Gasteiger partial charge < -0.3 is 5.32 Å². The molecule has 2 rings (SSSR count). The molecule has 0 aliphatic carbocycles. The molecule has 2 N–H and O–H groups in total. The molecule has 0 aliphatic rings. The molecule has 22 heavy (non-hydrogen) atoms. The number of anilines is 1. The van der Waals surface area contributed by atoms with Crippen LogP contribution in [0.2, 0.25) is 10.0 Å². The van der Waals surface area contributed by atoms with Crippen LogP contribution < -0.4 is 10.6 Å². The fourth-order valence-corrected chi connectivity index (χ4v) is 2.57. The van der Waals surface area contributed by atoms with Crippen molar-refractivity contribution in [2.75, 3.05) is 5.32 Å². The highest BCUT2D eigenvalue weighted by atomic mass is 35.5. The molecule has 2 aromatic rings. The normalized spacial score (nSPS) is 10.2. The number of hydrogen-bond acceptors (Lipinski definition) is 2. The summed E-state index contributed by atoms with van der Waals surface area (Å²) in [5.41, 5.74) is 3.30. The van der Waals surface area contributed by atoms with E-state index < -0.39 is 0 Å². The van der Waals surface area contributed by atoms with Crippen LogP contribution in [0.4, 0.5) is 5.69 Å². The lowest BCUT2D eigenvalue weighted by Crippen LogP contribution is -2.34. The lowest BCUT2D eigenvalue weighted by molar-refractivity contribution is 0.0978. The quantitative estimate of drug-likeness (QED) is 0.767. The predicted octanol–water partition coefficient (Wildman–Crippen LogP) is 4.74. The van der Waals surface area contributed by atoms with Gasteiger partial charge in [-0.25, -0.2) is 0 Å². The Morgan fingerprint density at radius 3 is 2.50 bits per heavy atom. The summed E-state index contributed by atoms with van der Waals surface area (Å²) in [6.45, 7) is 3.95. The Morgan fingerprint density at radius 1 is 1.09 bits per heavy atom. The number of nitrogens with one attached hydrogen (secondary N) is 2. The second kappa shape index (κ2) is 7.09. The van der Waals surface area contributed by atoms with Gasteiger partial charge in [-0.1, -0.05) is 35.3 Å². The summed E-state index contributed by atoms with van der Waals surface area (Å²) in [4.78, 5) is 12.2. The number of carbonyl (C=O) groups is 1. The van der Waals surface area contributed by atoms with Gasteiger partial charge >= 0.3 is 0 Å². The van der Waals surface area contributed by atoms with Gasteiger partial charge in [0, 0.05) is 10.7 Å². The number of carbonyl (C=O) groups excluding carboxylic acids is 1. The summed E-state index contributed by atoms with van der Waals surface area (Å²) < 4.78 is 0. The first kappa shape index (κ1) is 16.7. The van der Waals surface area contributed by atoms with Gasteiger partial charge in [0.05, 0.1) is 10.6 Å². The molecule has 0 heterocycles. The third-order valence-corrected chi connectivity index (χ3v) is 3.80. The first-order chi connectivity index (χ1) is 10.4. The lowest BCUT2D eigenvalue weighted by atomic mass is 10.1. The van der Waals surface area contributed by atoms with Crippen molar-refractivity contribution in [3.63, 3.8) is 0 Å². The highest BCUT2D eigenvalue weighted by Gasteiger charge is 2.12. The number of rotatable bonds is 2. The van der Waals surface area contributed by atoms with E-state index in [2.05, 4.69) is 10.6 Å². The molecule has 0 bridgehead atoms. The summed E-state index contributed by atoms with van der Waals surface area (Å²) in [5, 5.41) is 6.58. The first-order valence-corrected chi connectivity index (χ1v) is 7.68. The van der Waals surface area contributed by atoms with Gasteiger partial charge in [0.2, 0.25) is 0 Å². The fraction of sp³-hybridized carbons (Fsp3) is 0.125. The Morgan fingerprint density at radius 2 is 1.82 bits per heavy atom. The van der Waals surface area contributed by atoms with Gasteiger partial charge in [-0.15, -0.1) is 0 Å². The molecule has 2 aromatic carbocycles. The molecule has 0 saturated heterocycles. The van der Waals surface area contributed by atoms with E-state index >= 15 is 0 Å². The van der Waals surface area contributed by atoms with E-state index in [4.69, 9.17) is 35.4 Å². The van der Waals surface area contributed by atoms with Crippen molar-refractivity contribution >= 4 is 52.1 Å². The third kappa shape index (κ3) is 4.19. The van der Waals surface area contributed by atoms with Crippen LogP contribution in [0.25, 0.3) is 0 Å². The van der Waals surface area contributed by atoms with Crippen molar-refractivity contribution in [1.82, 2.24) is 5.32 Å². The largest absolute Gasteiger partial charge is 0.332 e. The number of hydrogen-bond donors (Lipinski definition) is 2. The Balaban J connectivity index is 2.08. The van der Waals surface area contributed by atoms with Crippen LogP contribution in [0.15, 0.2) is 36.4 Å². The molecule has 0 fully saturated rings. The van der Waals surface area contributed by atoms with E-state index in [0.29, 0.717) is 10.6 Å². The molecule has 0 unspecified atom stereocenters. The van der Waals surface area contributed by atoms with Crippen molar-refractivity contribution in [2.45, 2.75) is 13.8 Å². The lowest BCUT2D eigenvalue weighted by Gasteiger charge is -2.13.